The average molecular weight is 233 g/mol. The summed E-state index contributed by atoms with van der Waals surface area (Å²) in [4.78, 5) is 15.3. The maximum absolute atomic E-state index is 5.35. The molecule has 0 aliphatic carbocycles. The number of aromatic nitrogens is 4. The predicted molar refractivity (Wildman–Crippen MR) is 64.0 cm³/mol. The zero-order valence-electron chi connectivity index (χ0n) is 9.83. The van der Waals surface area contributed by atoms with Crippen molar-refractivity contribution in [3.05, 3.63) is 12.7 Å². The summed E-state index contributed by atoms with van der Waals surface area (Å²) >= 11 is 0. The average Bonchev–Trinajstić information content (AvgIpc) is 2.82. The van der Waals surface area contributed by atoms with Crippen LogP contribution in [0.4, 0.5) is 5.82 Å². The molecule has 0 atom stereocenters. The molecule has 1 fully saturated rings. The van der Waals surface area contributed by atoms with Crippen LogP contribution in [0.2, 0.25) is 0 Å². The lowest BCUT2D eigenvalue weighted by Crippen LogP contribution is -2.36. The number of hydrogen-bond donors (Lipinski definition) is 0. The molecular weight excluding hydrogens is 218 g/mol. The van der Waals surface area contributed by atoms with Crippen molar-refractivity contribution >= 4 is 17.0 Å². The number of nitrogens with zero attached hydrogens (tertiary/aromatic N) is 5. The largest absolute Gasteiger partial charge is 0.378 e. The van der Waals surface area contributed by atoms with E-state index in [4.69, 9.17) is 4.74 Å². The van der Waals surface area contributed by atoms with Gasteiger partial charge in [-0.25, -0.2) is 15.0 Å². The van der Waals surface area contributed by atoms with Crippen LogP contribution in [-0.2, 0) is 11.3 Å². The molecule has 0 radical (unpaired) electrons. The standard InChI is InChI=1S/C11H15N5O/c1-2-15-8-14-9-10(15)12-7-13-11(9)16-3-5-17-6-4-16/h7-8H,2-6H2,1H3. The van der Waals surface area contributed by atoms with Gasteiger partial charge in [0.1, 0.15) is 6.33 Å². The zero-order valence-corrected chi connectivity index (χ0v) is 9.83. The van der Waals surface area contributed by atoms with Crippen molar-refractivity contribution in [2.75, 3.05) is 31.2 Å². The van der Waals surface area contributed by atoms with Crippen molar-refractivity contribution in [3.8, 4) is 0 Å². The second-order valence-corrected chi connectivity index (χ2v) is 4.00. The maximum Gasteiger partial charge on any atom is 0.165 e. The van der Waals surface area contributed by atoms with Crippen LogP contribution >= 0.6 is 0 Å². The summed E-state index contributed by atoms with van der Waals surface area (Å²) in [6, 6.07) is 0. The molecule has 0 unspecified atom stereocenters. The van der Waals surface area contributed by atoms with E-state index in [2.05, 4.69) is 26.8 Å². The predicted octanol–water partition coefficient (Wildman–Crippen LogP) is 0.683. The van der Waals surface area contributed by atoms with Crippen LogP contribution in [-0.4, -0.2) is 45.8 Å². The summed E-state index contributed by atoms with van der Waals surface area (Å²) in [7, 11) is 0. The van der Waals surface area contributed by atoms with Gasteiger partial charge in [-0.1, -0.05) is 0 Å². The van der Waals surface area contributed by atoms with Crippen molar-refractivity contribution in [1.82, 2.24) is 19.5 Å². The van der Waals surface area contributed by atoms with E-state index < -0.39 is 0 Å². The first-order valence-corrected chi connectivity index (χ1v) is 5.88. The molecule has 0 aromatic carbocycles. The Hall–Kier alpha value is -1.69. The molecule has 3 heterocycles. The van der Waals surface area contributed by atoms with E-state index >= 15 is 0 Å². The van der Waals surface area contributed by atoms with Gasteiger partial charge in [-0.2, -0.15) is 0 Å². The third kappa shape index (κ3) is 1.74. The Morgan fingerprint density at radius 1 is 1.24 bits per heavy atom. The van der Waals surface area contributed by atoms with Gasteiger partial charge >= 0.3 is 0 Å². The Bertz CT molecular complexity index is 518. The molecule has 17 heavy (non-hydrogen) atoms. The molecule has 6 heteroatoms. The van der Waals surface area contributed by atoms with E-state index in [0.717, 1.165) is 49.8 Å². The summed E-state index contributed by atoms with van der Waals surface area (Å²) in [5.41, 5.74) is 1.79. The molecule has 2 aromatic heterocycles. The number of anilines is 1. The normalized spacial score (nSPS) is 16.6. The van der Waals surface area contributed by atoms with Crippen LogP contribution in [0.15, 0.2) is 12.7 Å². The van der Waals surface area contributed by atoms with Gasteiger partial charge in [-0.15, -0.1) is 0 Å². The van der Waals surface area contributed by atoms with Crippen molar-refractivity contribution in [3.63, 3.8) is 0 Å². The zero-order chi connectivity index (χ0) is 11.7. The summed E-state index contributed by atoms with van der Waals surface area (Å²) in [6.45, 7) is 6.18. The number of imidazole rings is 1. The number of morpholine rings is 1. The lowest BCUT2D eigenvalue weighted by molar-refractivity contribution is 0.122. The summed E-state index contributed by atoms with van der Waals surface area (Å²) < 4.78 is 7.38. The monoisotopic (exact) mass is 233 g/mol. The molecule has 0 spiro atoms. The minimum absolute atomic E-state index is 0.750. The van der Waals surface area contributed by atoms with Gasteiger partial charge in [0, 0.05) is 19.6 Å². The summed E-state index contributed by atoms with van der Waals surface area (Å²) in [5.74, 6) is 0.922. The van der Waals surface area contributed by atoms with Crippen LogP contribution in [0.3, 0.4) is 0 Å². The molecule has 3 rings (SSSR count). The third-order valence-electron chi connectivity index (χ3n) is 3.03. The van der Waals surface area contributed by atoms with E-state index in [1.54, 1.807) is 6.33 Å². The third-order valence-corrected chi connectivity index (χ3v) is 3.03. The molecule has 0 amide bonds. The fraction of sp³-hybridized carbons (Fsp3) is 0.545. The molecule has 0 N–H and O–H groups in total. The second-order valence-electron chi connectivity index (χ2n) is 4.00. The molecule has 2 aromatic rings. The maximum atomic E-state index is 5.35. The first kappa shape index (κ1) is 10.5. The van der Waals surface area contributed by atoms with Crippen molar-refractivity contribution in [2.24, 2.45) is 0 Å². The number of fused-ring (bicyclic) bond motifs is 1. The topological polar surface area (TPSA) is 56.1 Å². The Kier molecular flexibility index (Phi) is 2.64. The molecule has 90 valence electrons. The lowest BCUT2D eigenvalue weighted by Gasteiger charge is -2.27. The number of hydrogen-bond acceptors (Lipinski definition) is 5. The quantitative estimate of drug-likeness (QED) is 0.763. The fourth-order valence-corrected chi connectivity index (χ4v) is 2.11. The van der Waals surface area contributed by atoms with Crippen LogP contribution in [0.25, 0.3) is 11.2 Å². The van der Waals surface area contributed by atoms with Gasteiger partial charge in [0.25, 0.3) is 0 Å². The Morgan fingerprint density at radius 2 is 2.06 bits per heavy atom. The highest BCUT2D eigenvalue weighted by Crippen LogP contribution is 2.21. The second kappa shape index (κ2) is 4.29. The van der Waals surface area contributed by atoms with Crippen LogP contribution < -0.4 is 4.90 Å². The SMILES string of the molecule is CCn1cnc2c(N3CCOCC3)ncnc21. The molecule has 0 bridgehead atoms. The van der Waals surface area contributed by atoms with Gasteiger partial charge < -0.3 is 14.2 Å². The fourth-order valence-electron chi connectivity index (χ4n) is 2.11. The van der Waals surface area contributed by atoms with Gasteiger partial charge in [-0.05, 0) is 6.92 Å². The summed E-state index contributed by atoms with van der Waals surface area (Å²) in [5, 5.41) is 0. The van der Waals surface area contributed by atoms with Crippen molar-refractivity contribution in [1.29, 1.82) is 0 Å². The Labute approximate surface area is 99.2 Å². The summed E-state index contributed by atoms with van der Waals surface area (Å²) in [6.07, 6.45) is 3.43. The molecule has 6 nitrogen and oxygen atoms in total. The lowest BCUT2D eigenvalue weighted by atomic mass is 10.4. The van der Waals surface area contributed by atoms with E-state index in [-0.39, 0.29) is 0 Å². The highest BCUT2D eigenvalue weighted by Gasteiger charge is 2.17. The van der Waals surface area contributed by atoms with Gasteiger partial charge in [0.15, 0.2) is 17.0 Å². The number of rotatable bonds is 2. The van der Waals surface area contributed by atoms with E-state index in [1.165, 1.54) is 0 Å². The van der Waals surface area contributed by atoms with E-state index in [9.17, 15) is 0 Å². The van der Waals surface area contributed by atoms with Crippen LogP contribution in [0, 0.1) is 0 Å². The van der Waals surface area contributed by atoms with E-state index in [1.807, 2.05) is 10.9 Å². The Balaban J connectivity index is 2.06. The van der Waals surface area contributed by atoms with Crippen LogP contribution in [0.1, 0.15) is 6.92 Å². The first-order valence-electron chi connectivity index (χ1n) is 5.88. The molecule has 1 aliphatic heterocycles. The first-order chi connectivity index (χ1) is 8.40. The highest BCUT2D eigenvalue weighted by molar-refractivity contribution is 5.83. The smallest absolute Gasteiger partial charge is 0.165 e. The molecule has 0 saturated carbocycles. The minimum atomic E-state index is 0.750. The number of ether oxygens (including phenoxy) is 1. The van der Waals surface area contributed by atoms with Crippen molar-refractivity contribution < 1.29 is 4.74 Å². The van der Waals surface area contributed by atoms with Gasteiger partial charge in [0.2, 0.25) is 0 Å². The minimum Gasteiger partial charge on any atom is -0.378 e. The Morgan fingerprint density at radius 3 is 2.82 bits per heavy atom. The molecule has 1 aliphatic rings. The van der Waals surface area contributed by atoms with Gasteiger partial charge in [-0.3, -0.25) is 0 Å². The molecular formula is C11H15N5O. The molecule has 1 saturated heterocycles. The van der Waals surface area contributed by atoms with E-state index in [0.29, 0.717) is 0 Å². The van der Waals surface area contributed by atoms with Crippen LogP contribution in [0.5, 0.6) is 0 Å². The van der Waals surface area contributed by atoms with Crippen molar-refractivity contribution in [2.45, 2.75) is 13.5 Å². The highest BCUT2D eigenvalue weighted by atomic mass is 16.5. The number of aryl methyl sites for hydroxylation is 1. The van der Waals surface area contributed by atoms with Gasteiger partial charge in [0.05, 0.1) is 19.5 Å².